The molecule has 0 aromatic carbocycles. The topological polar surface area (TPSA) is 43.4 Å². The average molecular weight is 395 g/mol. The molecule has 4 saturated carbocycles. The third kappa shape index (κ3) is 1.55. The van der Waals surface area contributed by atoms with E-state index in [0.29, 0.717) is 42.2 Å². The molecule has 4 heteroatoms. The summed E-state index contributed by atoms with van der Waals surface area (Å²) < 4.78 is 6.28. The molecule has 0 aromatic heterocycles. The fourth-order valence-electron chi connectivity index (χ4n) is 7.69. The first kappa shape index (κ1) is 16.0. The molecule has 0 unspecified atom stereocenters. The first-order chi connectivity index (χ1) is 11.3. The lowest BCUT2D eigenvalue weighted by Crippen LogP contribution is -2.66. The van der Waals surface area contributed by atoms with Crippen LogP contribution in [0.3, 0.4) is 0 Å². The molecule has 0 spiro atoms. The van der Waals surface area contributed by atoms with Gasteiger partial charge in [0.25, 0.3) is 0 Å². The Morgan fingerprint density at radius 2 is 1.88 bits per heavy atom. The van der Waals surface area contributed by atoms with Crippen molar-refractivity contribution < 1.29 is 14.3 Å². The van der Waals surface area contributed by atoms with Crippen LogP contribution in [0, 0.1) is 28.6 Å². The molecule has 132 valence electrons. The van der Waals surface area contributed by atoms with Gasteiger partial charge in [-0.2, -0.15) is 0 Å². The fraction of sp³-hybridized carbons (Fsp3) is 0.900. The van der Waals surface area contributed by atoms with Crippen molar-refractivity contribution >= 4 is 27.5 Å². The SMILES string of the molecule is C[C@]12CC[C@H]3[C@@H](C[C@]4(C)OC[C@@]35CCC(=O)C[C@@]54Br)[C@@H]1CCC2=O. The van der Waals surface area contributed by atoms with Crippen molar-refractivity contribution in [3.8, 4) is 0 Å². The predicted molar refractivity (Wildman–Crippen MR) is 94.0 cm³/mol. The molecule has 1 saturated heterocycles. The zero-order valence-corrected chi connectivity index (χ0v) is 16.3. The molecule has 0 aromatic rings. The highest BCUT2D eigenvalue weighted by atomic mass is 79.9. The van der Waals surface area contributed by atoms with Crippen LogP contribution in [-0.2, 0) is 14.3 Å². The lowest BCUT2D eigenvalue weighted by molar-refractivity contribution is -0.143. The number of hydrogen-bond donors (Lipinski definition) is 0. The van der Waals surface area contributed by atoms with Gasteiger partial charge in [0, 0.05) is 30.1 Å². The Morgan fingerprint density at radius 1 is 1.08 bits per heavy atom. The quantitative estimate of drug-likeness (QED) is 0.581. The number of carbonyl (C=O) groups excluding carboxylic acids is 2. The Morgan fingerprint density at radius 3 is 2.67 bits per heavy atom. The van der Waals surface area contributed by atoms with E-state index in [4.69, 9.17) is 4.74 Å². The lowest BCUT2D eigenvalue weighted by Gasteiger charge is -2.63. The zero-order valence-electron chi connectivity index (χ0n) is 14.7. The molecule has 5 fully saturated rings. The van der Waals surface area contributed by atoms with Crippen LogP contribution in [0.2, 0.25) is 0 Å². The normalized spacial score (nSPS) is 59.0. The monoisotopic (exact) mass is 394 g/mol. The van der Waals surface area contributed by atoms with Crippen LogP contribution < -0.4 is 0 Å². The van der Waals surface area contributed by atoms with Gasteiger partial charge >= 0.3 is 0 Å². The number of fused-ring (bicyclic) bond motifs is 3. The fourth-order valence-corrected chi connectivity index (χ4v) is 8.88. The van der Waals surface area contributed by atoms with Gasteiger partial charge < -0.3 is 4.74 Å². The number of Topliss-reactive ketones (excluding diaryl/α,β-unsaturated/α-hetero) is 2. The number of alkyl halides is 1. The van der Waals surface area contributed by atoms with Crippen molar-refractivity contribution in [1.82, 2.24) is 0 Å². The van der Waals surface area contributed by atoms with E-state index in [0.717, 1.165) is 45.1 Å². The molecule has 0 radical (unpaired) electrons. The molecular formula is C20H27BrO3. The summed E-state index contributed by atoms with van der Waals surface area (Å²) in [6.45, 7) is 5.24. The van der Waals surface area contributed by atoms with Gasteiger partial charge in [0.15, 0.2) is 0 Å². The van der Waals surface area contributed by atoms with Crippen LogP contribution in [0.5, 0.6) is 0 Å². The van der Waals surface area contributed by atoms with Crippen LogP contribution in [0.4, 0.5) is 0 Å². The van der Waals surface area contributed by atoms with Gasteiger partial charge in [-0.1, -0.05) is 22.9 Å². The minimum atomic E-state index is -0.270. The van der Waals surface area contributed by atoms with Crippen molar-refractivity contribution in [3.63, 3.8) is 0 Å². The first-order valence-corrected chi connectivity index (χ1v) is 10.4. The van der Waals surface area contributed by atoms with Gasteiger partial charge in [0.2, 0.25) is 0 Å². The van der Waals surface area contributed by atoms with E-state index in [1.165, 1.54) is 0 Å². The van der Waals surface area contributed by atoms with Gasteiger partial charge in [-0.05, 0) is 56.8 Å². The summed E-state index contributed by atoms with van der Waals surface area (Å²) in [4.78, 5) is 24.9. The Labute approximate surface area is 152 Å². The second kappa shape index (κ2) is 4.54. The van der Waals surface area contributed by atoms with Crippen LogP contribution in [-0.4, -0.2) is 28.1 Å². The molecule has 0 N–H and O–H groups in total. The minimum Gasteiger partial charge on any atom is -0.373 e. The summed E-state index contributed by atoms with van der Waals surface area (Å²) in [5, 5.41) is 0. The van der Waals surface area contributed by atoms with Crippen molar-refractivity contribution in [2.45, 2.75) is 75.1 Å². The molecule has 1 heterocycles. The molecule has 5 aliphatic rings. The Kier molecular flexibility index (Phi) is 3.03. The lowest BCUT2D eigenvalue weighted by atomic mass is 9.43. The number of ether oxygens (including phenoxy) is 1. The largest absolute Gasteiger partial charge is 0.373 e. The number of carbonyl (C=O) groups is 2. The standard InChI is InChI=1S/C20H27BrO3/c1-17-7-6-15-13(14(17)3-4-16(17)23)10-18(2)20(21)9-12(22)5-8-19(15,20)11-24-18/h13-15H,3-11H2,1-2H3/t13-,14-,15-,17-,18-,19-,20-/m0/s1. The zero-order chi connectivity index (χ0) is 17.0. The highest BCUT2D eigenvalue weighted by molar-refractivity contribution is 9.10. The molecule has 3 nitrogen and oxygen atoms in total. The molecule has 5 rings (SSSR count). The predicted octanol–water partition coefficient (Wildman–Crippen LogP) is 4.06. The molecular weight excluding hydrogens is 368 g/mol. The summed E-state index contributed by atoms with van der Waals surface area (Å²) in [5.41, 5.74) is -0.274. The van der Waals surface area contributed by atoms with Crippen LogP contribution >= 0.6 is 15.9 Å². The van der Waals surface area contributed by atoms with Gasteiger partial charge in [-0.15, -0.1) is 0 Å². The Hall–Kier alpha value is -0.220. The van der Waals surface area contributed by atoms with Crippen LogP contribution in [0.15, 0.2) is 0 Å². The van der Waals surface area contributed by atoms with E-state index in [2.05, 4.69) is 29.8 Å². The van der Waals surface area contributed by atoms with Crippen LogP contribution in [0.1, 0.15) is 65.2 Å². The van der Waals surface area contributed by atoms with E-state index in [1.807, 2.05) is 0 Å². The first-order valence-electron chi connectivity index (χ1n) is 9.64. The van der Waals surface area contributed by atoms with Crippen LogP contribution in [0.25, 0.3) is 0 Å². The van der Waals surface area contributed by atoms with Gasteiger partial charge in [-0.25, -0.2) is 0 Å². The Balaban J connectivity index is 1.61. The van der Waals surface area contributed by atoms with E-state index in [-0.39, 0.29) is 20.8 Å². The minimum absolute atomic E-state index is 0.0888. The third-order valence-electron chi connectivity index (χ3n) is 9.05. The maximum Gasteiger partial charge on any atom is 0.139 e. The molecule has 24 heavy (non-hydrogen) atoms. The molecule has 4 aliphatic carbocycles. The molecule has 1 aliphatic heterocycles. The summed E-state index contributed by atoms with van der Waals surface area (Å²) >= 11 is 4.10. The number of halogens is 1. The average Bonchev–Trinajstić information content (AvgIpc) is 2.88. The highest BCUT2D eigenvalue weighted by Crippen LogP contribution is 2.74. The summed E-state index contributed by atoms with van der Waals surface area (Å²) in [5.74, 6) is 2.59. The molecule has 2 bridgehead atoms. The number of ketones is 2. The highest BCUT2D eigenvalue weighted by Gasteiger charge is 2.76. The maximum absolute atomic E-state index is 12.6. The van der Waals surface area contributed by atoms with Crippen molar-refractivity contribution in [2.24, 2.45) is 28.6 Å². The van der Waals surface area contributed by atoms with E-state index in [9.17, 15) is 9.59 Å². The summed E-state index contributed by atoms with van der Waals surface area (Å²) in [6, 6.07) is 0. The number of rotatable bonds is 0. The van der Waals surface area contributed by atoms with E-state index in [1.54, 1.807) is 0 Å². The summed E-state index contributed by atoms with van der Waals surface area (Å²) in [7, 11) is 0. The second-order valence-electron chi connectivity index (χ2n) is 9.69. The Bertz CT molecular complexity index is 647. The van der Waals surface area contributed by atoms with Crippen molar-refractivity contribution in [1.29, 1.82) is 0 Å². The molecule has 0 amide bonds. The van der Waals surface area contributed by atoms with Gasteiger partial charge in [-0.3, -0.25) is 9.59 Å². The van der Waals surface area contributed by atoms with Crippen molar-refractivity contribution in [2.75, 3.05) is 6.61 Å². The van der Waals surface area contributed by atoms with E-state index < -0.39 is 0 Å². The summed E-state index contributed by atoms with van der Waals surface area (Å²) in [6.07, 6.45) is 7.29. The van der Waals surface area contributed by atoms with E-state index >= 15 is 0 Å². The smallest absolute Gasteiger partial charge is 0.139 e. The second-order valence-corrected chi connectivity index (χ2v) is 11.0. The molecule has 7 atom stereocenters. The van der Waals surface area contributed by atoms with Gasteiger partial charge in [0.05, 0.1) is 16.5 Å². The van der Waals surface area contributed by atoms with Gasteiger partial charge in [0.1, 0.15) is 11.6 Å². The number of hydrogen-bond acceptors (Lipinski definition) is 3. The maximum atomic E-state index is 12.6. The third-order valence-corrected chi connectivity index (χ3v) is 11.0. The van der Waals surface area contributed by atoms with Crippen molar-refractivity contribution in [3.05, 3.63) is 0 Å².